The molecule has 1 aromatic carbocycles. The first-order chi connectivity index (χ1) is 13.5. The Kier molecular flexibility index (Phi) is 5.40. The second-order valence-corrected chi connectivity index (χ2v) is 8.12. The van der Waals surface area contributed by atoms with Crippen LogP contribution in [0.3, 0.4) is 0 Å². The fourth-order valence-corrected chi connectivity index (χ4v) is 4.41. The zero-order valence-electron chi connectivity index (χ0n) is 16.0. The van der Waals surface area contributed by atoms with E-state index in [2.05, 4.69) is 22.5 Å². The molecule has 6 nitrogen and oxygen atoms in total. The quantitative estimate of drug-likeness (QED) is 0.833. The van der Waals surface area contributed by atoms with Gasteiger partial charge in [0.15, 0.2) is 0 Å². The van der Waals surface area contributed by atoms with Crippen molar-refractivity contribution < 1.29 is 4.79 Å². The Bertz CT molecular complexity index is 919. The molecule has 1 aliphatic heterocycles. The smallest absolute Gasteiger partial charge is 0.292 e. The maximum atomic E-state index is 12.7. The number of rotatable bonds is 5. The van der Waals surface area contributed by atoms with Crippen LogP contribution in [0.15, 0.2) is 35.3 Å². The molecular weight excluding hydrogens is 376 g/mol. The number of hydrogen-bond acceptors (Lipinski definition) is 4. The number of likely N-dealkylation sites (tertiary alicyclic amines) is 1. The summed E-state index contributed by atoms with van der Waals surface area (Å²) in [5.74, 6) is 0.780. The van der Waals surface area contributed by atoms with Gasteiger partial charge < -0.3 is 10.2 Å². The van der Waals surface area contributed by atoms with E-state index < -0.39 is 0 Å². The highest BCUT2D eigenvalue weighted by Crippen LogP contribution is 2.34. The van der Waals surface area contributed by atoms with Crippen molar-refractivity contribution >= 4 is 23.2 Å². The van der Waals surface area contributed by atoms with Gasteiger partial charge >= 0.3 is 0 Å². The highest BCUT2D eigenvalue weighted by atomic mass is 35.5. The van der Waals surface area contributed by atoms with Crippen LogP contribution in [0.25, 0.3) is 5.69 Å². The normalized spacial score (nSPS) is 20.1. The second-order valence-electron chi connectivity index (χ2n) is 7.74. The Morgan fingerprint density at radius 3 is 2.50 bits per heavy atom. The fraction of sp³-hybridized carbons (Fsp3) is 0.476. The lowest BCUT2D eigenvalue weighted by Gasteiger charge is -2.21. The van der Waals surface area contributed by atoms with Crippen LogP contribution < -0.4 is 10.9 Å². The van der Waals surface area contributed by atoms with Gasteiger partial charge in [0.1, 0.15) is 5.02 Å². The molecule has 0 spiro atoms. The van der Waals surface area contributed by atoms with Crippen LogP contribution >= 0.6 is 11.6 Å². The molecule has 1 atom stereocenters. The third-order valence-corrected chi connectivity index (χ3v) is 6.41. The average molecular weight is 401 g/mol. The summed E-state index contributed by atoms with van der Waals surface area (Å²) in [7, 11) is 1.80. The van der Waals surface area contributed by atoms with Crippen LogP contribution in [0.2, 0.25) is 5.02 Å². The lowest BCUT2D eigenvalue weighted by Crippen LogP contribution is -2.34. The average Bonchev–Trinajstić information content (AvgIpc) is 3.35. The molecule has 1 unspecified atom stereocenters. The molecule has 1 aromatic heterocycles. The Morgan fingerprint density at radius 1 is 1.14 bits per heavy atom. The van der Waals surface area contributed by atoms with E-state index in [1.165, 1.54) is 35.9 Å². The van der Waals surface area contributed by atoms with Gasteiger partial charge in [-0.05, 0) is 42.9 Å². The highest BCUT2D eigenvalue weighted by Gasteiger charge is 2.27. The maximum Gasteiger partial charge on any atom is 0.292 e. The van der Waals surface area contributed by atoms with Crippen LogP contribution in [0, 0.1) is 0 Å². The van der Waals surface area contributed by atoms with Crippen molar-refractivity contribution in [3.8, 4) is 5.69 Å². The standard InChI is InChI=1S/C21H25ClN4O2/c1-25-17(10-11-19(25)27)12-23-18-13-24-26(21(28)20(18)22)16-8-6-15(7-9-16)14-4-2-3-5-14/h6-9,13-14,17,23H,2-5,10-12H2,1H3. The summed E-state index contributed by atoms with van der Waals surface area (Å²) in [4.78, 5) is 26.1. The van der Waals surface area contributed by atoms with Crippen LogP contribution in [-0.2, 0) is 4.79 Å². The van der Waals surface area contributed by atoms with Crippen molar-refractivity contribution in [1.29, 1.82) is 0 Å². The molecule has 0 bridgehead atoms. The van der Waals surface area contributed by atoms with Crippen LogP contribution in [0.5, 0.6) is 0 Å². The summed E-state index contributed by atoms with van der Waals surface area (Å²) in [5, 5.41) is 7.58. The predicted molar refractivity (Wildman–Crippen MR) is 110 cm³/mol. The second kappa shape index (κ2) is 7.95. The van der Waals surface area contributed by atoms with Gasteiger partial charge in [0, 0.05) is 26.1 Å². The van der Waals surface area contributed by atoms with Crippen molar-refractivity contribution in [3.05, 3.63) is 51.4 Å². The fourth-order valence-electron chi connectivity index (χ4n) is 4.22. The Morgan fingerprint density at radius 2 is 1.86 bits per heavy atom. The van der Waals surface area contributed by atoms with E-state index in [9.17, 15) is 9.59 Å². The number of anilines is 1. The molecule has 4 rings (SSSR count). The first-order valence-corrected chi connectivity index (χ1v) is 10.3. The largest absolute Gasteiger partial charge is 0.380 e. The van der Waals surface area contributed by atoms with Crippen LogP contribution in [0.1, 0.15) is 50.0 Å². The third-order valence-electron chi connectivity index (χ3n) is 6.04. The lowest BCUT2D eigenvalue weighted by atomic mass is 9.98. The van der Waals surface area contributed by atoms with Crippen molar-refractivity contribution in [2.45, 2.75) is 50.5 Å². The molecule has 28 heavy (non-hydrogen) atoms. The van der Waals surface area contributed by atoms with Crippen molar-refractivity contribution in [3.63, 3.8) is 0 Å². The maximum absolute atomic E-state index is 12.7. The summed E-state index contributed by atoms with van der Waals surface area (Å²) in [5.41, 5.74) is 2.18. The monoisotopic (exact) mass is 400 g/mol. The minimum Gasteiger partial charge on any atom is -0.380 e. The van der Waals surface area contributed by atoms with E-state index in [0.29, 0.717) is 30.3 Å². The molecule has 2 aliphatic rings. The van der Waals surface area contributed by atoms with Gasteiger partial charge in [0.05, 0.1) is 17.6 Å². The summed E-state index contributed by atoms with van der Waals surface area (Å²) < 4.78 is 1.33. The van der Waals surface area contributed by atoms with Gasteiger partial charge in [-0.25, -0.2) is 0 Å². The number of carbonyl (C=O) groups excluding carboxylic acids is 1. The van der Waals surface area contributed by atoms with E-state index in [0.717, 1.165) is 6.42 Å². The molecule has 1 amide bonds. The molecular formula is C21H25ClN4O2. The van der Waals surface area contributed by atoms with Crippen molar-refractivity contribution in [1.82, 2.24) is 14.7 Å². The van der Waals surface area contributed by atoms with E-state index in [1.54, 1.807) is 18.1 Å². The number of nitrogens with one attached hydrogen (secondary N) is 1. The molecule has 2 fully saturated rings. The number of aromatic nitrogens is 2. The Labute approximate surface area is 169 Å². The number of likely N-dealkylation sites (N-methyl/N-ethyl adjacent to an activating group) is 1. The zero-order valence-corrected chi connectivity index (χ0v) is 16.8. The van der Waals surface area contributed by atoms with E-state index in [-0.39, 0.29) is 22.5 Å². The first-order valence-electron chi connectivity index (χ1n) is 9.92. The summed E-state index contributed by atoms with van der Waals surface area (Å²) >= 11 is 6.32. The number of amides is 1. The van der Waals surface area contributed by atoms with Gasteiger partial charge in [-0.15, -0.1) is 0 Å². The number of hydrogen-bond donors (Lipinski definition) is 1. The summed E-state index contributed by atoms with van der Waals surface area (Å²) in [6.07, 6.45) is 8.01. The summed E-state index contributed by atoms with van der Waals surface area (Å²) in [6, 6.07) is 8.16. The summed E-state index contributed by atoms with van der Waals surface area (Å²) in [6.45, 7) is 0.545. The van der Waals surface area contributed by atoms with Crippen LogP contribution in [0.4, 0.5) is 5.69 Å². The number of halogens is 1. The molecule has 2 aromatic rings. The van der Waals surface area contributed by atoms with E-state index in [4.69, 9.17) is 11.6 Å². The minimum atomic E-state index is -0.351. The van der Waals surface area contributed by atoms with Gasteiger partial charge in [0.25, 0.3) is 5.56 Å². The van der Waals surface area contributed by atoms with Gasteiger partial charge in [-0.1, -0.05) is 36.6 Å². The van der Waals surface area contributed by atoms with E-state index >= 15 is 0 Å². The van der Waals surface area contributed by atoms with Gasteiger partial charge in [-0.2, -0.15) is 9.78 Å². The van der Waals surface area contributed by atoms with Gasteiger partial charge in [0.2, 0.25) is 5.91 Å². The first kappa shape index (κ1) is 19.0. The third kappa shape index (κ3) is 3.65. The minimum absolute atomic E-state index is 0.106. The van der Waals surface area contributed by atoms with E-state index in [1.807, 2.05) is 12.1 Å². The Hall–Kier alpha value is -2.34. The van der Waals surface area contributed by atoms with Crippen molar-refractivity contribution in [2.24, 2.45) is 0 Å². The van der Waals surface area contributed by atoms with Crippen LogP contribution in [-0.4, -0.2) is 40.2 Å². The number of nitrogens with zero attached hydrogens (tertiary/aromatic N) is 3. The number of carbonyl (C=O) groups is 1. The molecule has 148 valence electrons. The Balaban J connectivity index is 1.49. The highest BCUT2D eigenvalue weighted by molar-refractivity contribution is 6.32. The number of benzene rings is 1. The topological polar surface area (TPSA) is 67.2 Å². The van der Waals surface area contributed by atoms with Crippen molar-refractivity contribution in [2.75, 3.05) is 18.9 Å². The predicted octanol–water partition coefficient (Wildman–Crippen LogP) is 3.58. The molecule has 2 heterocycles. The molecule has 0 radical (unpaired) electrons. The zero-order chi connectivity index (χ0) is 19.7. The molecule has 1 N–H and O–H groups in total. The molecule has 1 saturated carbocycles. The molecule has 1 aliphatic carbocycles. The lowest BCUT2D eigenvalue weighted by molar-refractivity contribution is -0.127. The molecule has 7 heteroatoms. The molecule has 1 saturated heterocycles. The SMILES string of the molecule is CN1C(=O)CCC1CNc1cnn(-c2ccc(C3CCCC3)cc2)c(=O)c1Cl. The van der Waals surface area contributed by atoms with Gasteiger partial charge in [-0.3, -0.25) is 9.59 Å².